The van der Waals surface area contributed by atoms with Crippen LogP contribution in [0.3, 0.4) is 0 Å². The normalized spacial score (nSPS) is 11.2. The molecule has 2 aromatic heterocycles. The third kappa shape index (κ3) is 5.24. The summed E-state index contributed by atoms with van der Waals surface area (Å²) in [6.07, 6.45) is 6.71. The molecule has 0 unspecified atom stereocenters. The number of nitriles is 3. The summed E-state index contributed by atoms with van der Waals surface area (Å²) in [7, 11) is 0. The molecule has 6 aromatic carbocycles. The molecular weight excluding hydrogens is 635 g/mol. The van der Waals surface area contributed by atoms with Gasteiger partial charge in [-0.1, -0.05) is 85.5 Å². The van der Waals surface area contributed by atoms with Gasteiger partial charge in [-0.05, 0) is 102 Å². The fraction of sp³-hybridized carbons (Fsp3) is 0.0426. The maximum Gasteiger partial charge on any atom is 0.0992 e. The molecule has 0 saturated carbocycles. The van der Waals surface area contributed by atoms with Crippen LogP contribution in [0.15, 0.2) is 152 Å². The molecule has 8 aromatic rings. The molecule has 5 nitrogen and oxygen atoms in total. The minimum Gasteiger partial charge on any atom is -0.313 e. The van der Waals surface area contributed by atoms with Crippen molar-refractivity contribution in [1.82, 2.24) is 9.13 Å². The standard InChI is InChI=1S/C47H31N5/c1-3-4-5-13-37-31(2)51(44-16-8-6-14-39(37)44)45-17-9-7-15-40(45)42-24-32(28-48)18-21-38(42)35-11-10-12-36(27-35)52-46-23-20-33(29-49)25-43(46)41-22-19-34(30-50)26-47(41)52/h3-12,14-27H,1,13H2,2H3/b5-4-. The maximum atomic E-state index is 10.1. The average Bonchev–Trinajstić information content (AvgIpc) is 3.67. The quantitative estimate of drug-likeness (QED) is 0.159. The molecule has 0 fully saturated rings. The third-order valence-electron chi connectivity index (χ3n) is 9.86. The highest BCUT2D eigenvalue weighted by molar-refractivity contribution is 6.10. The van der Waals surface area contributed by atoms with Crippen LogP contribution in [0.5, 0.6) is 0 Å². The molecule has 0 aliphatic heterocycles. The number of nitrogens with zero attached hydrogens (tertiary/aromatic N) is 5. The van der Waals surface area contributed by atoms with Gasteiger partial charge in [0.1, 0.15) is 0 Å². The molecule has 5 heteroatoms. The number of aromatic nitrogens is 2. The van der Waals surface area contributed by atoms with E-state index in [9.17, 15) is 15.8 Å². The molecular formula is C47H31N5. The highest BCUT2D eigenvalue weighted by atomic mass is 15.0. The molecule has 0 radical (unpaired) electrons. The van der Waals surface area contributed by atoms with Crippen LogP contribution in [0, 0.1) is 40.9 Å². The first kappa shape index (κ1) is 31.9. The number of fused-ring (bicyclic) bond motifs is 4. The van der Waals surface area contributed by atoms with Gasteiger partial charge in [-0.15, -0.1) is 0 Å². The van der Waals surface area contributed by atoms with Crippen molar-refractivity contribution in [3.8, 4) is 51.8 Å². The van der Waals surface area contributed by atoms with Crippen LogP contribution in [-0.4, -0.2) is 9.13 Å². The zero-order valence-corrected chi connectivity index (χ0v) is 28.5. The van der Waals surface area contributed by atoms with Crippen molar-refractivity contribution < 1.29 is 0 Å². The highest BCUT2D eigenvalue weighted by Gasteiger charge is 2.20. The van der Waals surface area contributed by atoms with Crippen molar-refractivity contribution in [2.75, 3.05) is 0 Å². The zero-order chi connectivity index (χ0) is 35.8. The lowest BCUT2D eigenvalue weighted by Crippen LogP contribution is -2.01. The molecule has 0 aliphatic rings. The molecule has 8 rings (SSSR count). The van der Waals surface area contributed by atoms with Crippen LogP contribution < -0.4 is 0 Å². The lowest BCUT2D eigenvalue weighted by molar-refractivity contribution is 1.03. The summed E-state index contributed by atoms with van der Waals surface area (Å²) < 4.78 is 4.49. The lowest BCUT2D eigenvalue weighted by Gasteiger charge is -2.18. The van der Waals surface area contributed by atoms with Gasteiger partial charge in [-0.3, -0.25) is 0 Å². The first-order valence-corrected chi connectivity index (χ1v) is 17.0. The van der Waals surface area contributed by atoms with Crippen LogP contribution in [0.25, 0.3) is 66.3 Å². The van der Waals surface area contributed by atoms with E-state index in [1.165, 1.54) is 10.9 Å². The van der Waals surface area contributed by atoms with Gasteiger partial charge in [0.2, 0.25) is 0 Å². The number of rotatable bonds is 7. The van der Waals surface area contributed by atoms with Crippen molar-refractivity contribution in [2.24, 2.45) is 0 Å². The van der Waals surface area contributed by atoms with E-state index in [4.69, 9.17) is 0 Å². The van der Waals surface area contributed by atoms with E-state index in [1.54, 1.807) is 6.08 Å². The molecule has 0 spiro atoms. The Kier molecular flexibility index (Phi) is 8.05. The summed E-state index contributed by atoms with van der Waals surface area (Å²) in [5.74, 6) is 0. The van der Waals surface area contributed by atoms with E-state index in [-0.39, 0.29) is 0 Å². The summed E-state index contributed by atoms with van der Waals surface area (Å²) in [6.45, 7) is 6.02. The molecule has 244 valence electrons. The Morgan fingerprint density at radius 3 is 2.12 bits per heavy atom. The minimum atomic E-state index is 0.562. The van der Waals surface area contributed by atoms with Crippen molar-refractivity contribution in [2.45, 2.75) is 13.3 Å². The molecule has 0 atom stereocenters. The monoisotopic (exact) mass is 665 g/mol. The van der Waals surface area contributed by atoms with Gasteiger partial charge in [0.25, 0.3) is 0 Å². The zero-order valence-electron chi connectivity index (χ0n) is 28.5. The van der Waals surface area contributed by atoms with Gasteiger partial charge in [0.05, 0.1) is 57.1 Å². The minimum absolute atomic E-state index is 0.562. The van der Waals surface area contributed by atoms with Crippen LogP contribution in [0.1, 0.15) is 27.9 Å². The lowest BCUT2D eigenvalue weighted by atomic mass is 9.91. The van der Waals surface area contributed by atoms with Crippen molar-refractivity contribution in [3.05, 3.63) is 180 Å². The average molecular weight is 666 g/mol. The van der Waals surface area contributed by atoms with E-state index in [0.29, 0.717) is 16.7 Å². The second-order valence-corrected chi connectivity index (χ2v) is 12.7. The van der Waals surface area contributed by atoms with Gasteiger partial charge in [0.15, 0.2) is 0 Å². The largest absolute Gasteiger partial charge is 0.313 e. The van der Waals surface area contributed by atoms with Gasteiger partial charge in [-0.2, -0.15) is 15.8 Å². The van der Waals surface area contributed by atoms with E-state index in [1.807, 2.05) is 72.8 Å². The summed E-state index contributed by atoms with van der Waals surface area (Å²) in [5, 5.41) is 32.7. The summed E-state index contributed by atoms with van der Waals surface area (Å²) in [6, 6.07) is 49.5. The van der Waals surface area contributed by atoms with Crippen LogP contribution in [0.2, 0.25) is 0 Å². The first-order valence-electron chi connectivity index (χ1n) is 17.0. The molecule has 0 bridgehead atoms. The van der Waals surface area contributed by atoms with E-state index in [0.717, 1.165) is 73.1 Å². The predicted octanol–water partition coefficient (Wildman–Crippen LogP) is 11.3. The highest BCUT2D eigenvalue weighted by Crippen LogP contribution is 2.41. The molecule has 0 aliphatic carbocycles. The second kappa shape index (κ2) is 13.1. The van der Waals surface area contributed by atoms with Gasteiger partial charge in [0, 0.05) is 33.1 Å². The number of allylic oxidation sites excluding steroid dienone is 3. The predicted molar refractivity (Wildman–Crippen MR) is 210 cm³/mol. The molecule has 0 N–H and O–H groups in total. The molecule has 2 heterocycles. The van der Waals surface area contributed by atoms with Gasteiger partial charge >= 0.3 is 0 Å². The number of benzene rings is 6. The topological polar surface area (TPSA) is 81.2 Å². The molecule has 0 amide bonds. The fourth-order valence-electron chi connectivity index (χ4n) is 7.52. The van der Waals surface area contributed by atoms with E-state index in [2.05, 4.69) is 108 Å². The Morgan fingerprint density at radius 1 is 0.577 bits per heavy atom. The summed E-state index contributed by atoms with van der Waals surface area (Å²) in [5.41, 5.74) is 13.0. The Bertz CT molecular complexity index is 2890. The molecule has 52 heavy (non-hydrogen) atoms. The Morgan fingerprint density at radius 2 is 1.29 bits per heavy atom. The number of hydrogen-bond acceptors (Lipinski definition) is 3. The second-order valence-electron chi connectivity index (χ2n) is 12.7. The fourth-order valence-corrected chi connectivity index (χ4v) is 7.52. The van der Waals surface area contributed by atoms with Crippen molar-refractivity contribution >= 4 is 32.7 Å². The summed E-state index contributed by atoms with van der Waals surface area (Å²) >= 11 is 0. The smallest absolute Gasteiger partial charge is 0.0992 e. The molecule has 0 saturated heterocycles. The van der Waals surface area contributed by atoms with E-state index >= 15 is 0 Å². The van der Waals surface area contributed by atoms with E-state index < -0.39 is 0 Å². The number of hydrogen-bond donors (Lipinski definition) is 0. The SMILES string of the molecule is C=C/C=C\Cc1c(C)n(-c2ccccc2-c2cc(C#N)ccc2-c2cccc(-n3c4ccc(C#N)cc4c4ccc(C#N)cc43)c2)c2ccccc12. The first-order chi connectivity index (χ1) is 25.5. The van der Waals surface area contributed by atoms with Gasteiger partial charge < -0.3 is 9.13 Å². The third-order valence-corrected chi connectivity index (χ3v) is 9.86. The van der Waals surface area contributed by atoms with Crippen LogP contribution in [0.4, 0.5) is 0 Å². The van der Waals surface area contributed by atoms with Crippen molar-refractivity contribution in [1.29, 1.82) is 15.8 Å². The van der Waals surface area contributed by atoms with Crippen molar-refractivity contribution in [3.63, 3.8) is 0 Å². The number of para-hydroxylation sites is 2. The van der Waals surface area contributed by atoms with Crippen LogP contribution in [-0.2, 0) is 6.42 Å². The Balaban J connectivity index is 1.35. The van der Waals surface area contributed by atoms with Gasteiger partial charge in [-0.25, -0.2) is 0 Å². The Hall–Kier alpha value is -7.39. The Labute approximate surface area is 302 Å². The maximum absolute atomic E-state index is 10.1. The summed E-state index contributed by atoms with van der Waals surface area (Å²) in [4.78, 5) is 0. The van der Waals surface area contributed by atoms with Crippen LogP contribution >= 0.6 is 0 Å².